The predicted octanol–water partition coefficient (Wildman–Crippen LogP) is 4.36. The number of benzene rings is 2. The van der Waals surface area contributed by atoms with E-state index in [0.29, 0.717) is 10.6 Å². The Morgan fingerprint density at radius 1 is 1.00 bits per heavy atom. The van der Waals surface area contributed by atoms with Crippen LogP contribution in [0.4, 0.5) is 5.69 Å². The highest BCUT2D eigenvalue weighted by atomic mass is 35.5. The third kappa shape index (κ3) is 1.85. The molecule has 122 valence electrons. The Morgan fingerprint density at radius 2 is 1.67 bits per heavy atom. The molecule has 0 saturated carbocycles. The summed E-state index contributed by atoms with van der Waals surface area (Å²) in [4.78, 5) is 26.7. The van der Waals surface area contributed by atoms with Crippen molar-refractivity contribution in [2.24, 2.45) is 0 Å². The molecule has 0 fully saturated rings. The molecule has 2 aliphatic heterocycles. The van der Waals surface area contributed by atoms with E-state index >= 15 is 0 Å². The van der Waals surface area contributed by atoms with Gasteiger partial charge in [0.05, 0.1) is 11.3 Å². The molecule has 1 atom stereocenters. The van der Waals surface area contributed by atoms with Crippen molar-refractivity contribution >= 4 is 29.0 Å². The molecule has 0 saturated heterocycles. The number of para-hydroxylation sites is 1. The Hall–Kier alpha value is -2.13. The second kappa shape index (κ2) is 4.70. The van der Waals surface area contributed by atoms with Gasteiger partial charge in [-0.1, -0.05) is 42.8 Å². The zero-order valence-electron chi connectivity index (χ0n) is 13.9. The fourth-order valence-electron chi connectivity index (χ4n) is 4.42. The molecule has 2 aromatic carbocycles. The van der Waals surface area contributed by atoms with E-state index in [1.54, 1.807) is 11.0 Å². The van der Waals surface area contributed by atoms with E-state index in [2.05, 4.69) is 6.92 Å². The highest BCUT2D eigenvalue weighted by Gasteiger charge is 2.53. The van der Waals surface area contributed by atoms with Gasteiger partial charge in [0.25, 0.3) is 11.7 Å². The summed E-state index contributed by atoms with van der Waals surface area (Å²) in [5, 5.41) is 0.697. The van der Waals surface area contributed by atoms with E-state index in [9.17, 15) is 9.59 Å². The van der Waals surface area contributed by atoms with Crippen LogP contribution in [0.5, 0.6) is 0 Å². The Bertz CT molecular complexity index is 885. The Morgan fingerprint density at radius 3 is 2.33 bits per heavy atom. The van der Waals surface area contributed by atoms with Crippen LogP contribution in [0, 0.1) is 0 Å². The number of nitrogens with zero attached hydrogens (tertiary/aromatic N) is 1. The third-order valence-electron chi connectivity index (χ3n) is 5.37. The minimum absolute atomic E-state index is 0.291. The van der Waals surface area contributed by atoms with Crippen molar-refractivity contribution in [1.29, 1.82) is 0 Å². The molecule has 1 unspecified atom stereocenters. The Kier molecular flexibility index (Phi) is 3.02. The first-order valence-electron chi connectivity index (χ1n) is 8.04. The molecule has 24 heavy (non-hydrogen) atoms. The van der Waals surface area contributed by atoms with Gasteiger partial charge >= 0.3 is 0 Å². The summed E-state index contributed by atoms with van der Waals surface area (Å²) in [5.41, 5.74) is 2.73. The second-order valence-corrected chi connectivity index (χ2v) is 7.94. The van der Waals surface area contributed by atoms with E-state index in [-0.39, 0.29) is 5.41 Å². The van der Waals surface area contributed by atoms with Gasteiger partial charge in [-0.2, -0.15) is 0 Å². The largest absolute Gasteiger partial charge is 0.299 e. The summed E-state index contributed by atoms with van der Waals surface area (Å²) in [6.07, 6.45) is 0.733. The molecule has 1 amide bonds. The van der Waals surface area contributed by atoms with Crippen LogP contribution in [-0.4, -0.2) is 17.2 Å². The number of amides is 1. The molecular formula is C20H18ClNO2. The van der Waals surface area contributed by atoms with E-state index in [1.165, 1.54) is 0 Å². The molecule has 0 bridgehead atoms. The van der Waals surface area contributed by atoms with Gasteiger partial charge in [0.15, 0.2) is 0 Å². The van der Waals surface area contributed by atoms with Gasteiger partial charge in [-0.3, -0.25) is 14.5 Å². The first-order chi connectivity index (χ1) is 11.3. The van der Waals surface area contributed by atoms with Crippen LogP contribution in [0.1, 0.15) is 48.7 Å². The second-order valence-electron chi connectivity index (χ2n) is 7.50. The Labute approximate surface area is 146 Å². The zero-order chi connectivity index (χ0) is 17.3. The summed E-state index contributed by atoms with van der Waals surface area (Å²) in [5.74, 6) is -0.819. The average molecular weight is 340 g/mol. The lowest BCUT2D eigenvalue weighted by Gasteiger charge is -2.49. The van der Waals surface area contributed by atoms with Crippen molar-refractivity contribution < 1.29 is 9.59 Å². The fourth-order valence-corrected chi connectivity index (χ4v) is 4.55. The van der Waals surface area contributed by atoms with Crippen molar-refractivity contribution in [2.75, 3.05) is 4.90 Å². The van der Waals surface area contributed by atoms with Gasteiger partial charge < -0.3 is 0 Å². The lowest BCUT2D eigenvalue weighted by atomic mass is 9.65. The number of carbonyl (C=O) groups is 2. The number of hydrogen-bond acceptors (Lipinski definition) is 2. The van der Waals surface area contributed by atoms with Crippen LogP contribution < -0.4 is 4.90 Å². The fraction of sp³-hybridized carbons (Fsp3) is 0.300. The molecular weight excluding hydrogens is 322 g/mol. The SMILES string of the molecule is CC1(c2ccc(Cl)cc2)CC(C)(C)N2C(=O)C(=O)c3cccc1c32. The van der Waals surface area contributed by atoms with Crippen LogP contribution in [0.2, 0.25) is 5.02 Å². The van der Waals surface area contributed by atoms with Crippen molar-refractivity contribution in [2.45, 2.75) is 38.1 Å². The van der Waals surface area contributed by atoms with Crippen LogP contribution in [0.25, 0.3) is 0 Å². The van der Waals surface area contributed by atoms with Gasteiger partial charge in [0.1, 0.15) is 0 Å². The van der Waals surface area contributed by atoms with Gasteiger partial charge in [-0.05, 0) is 49.6 Å². The standard InChI is InChI=1S/C20H18ClNO2/c1-19(2)11-20(3,12-7-9-13(21)10-8-12)15-6-4-5-14-16(15)22(19)18(24)17(14)23/h4-10H,11H2,1-3H3. The lowest BCUT2D eigenvalue weighted by molar-refractivity contribution is -0.115. The average Bonchev–Trinajstić information content (AvgIpc) is 2.79. The number of halogens is 1. The van der Waals surface area contributed by atoms with Gasteiger partial charge in [0, 0.05) is 16.0 Å². The first-order valence-corrected chi connectivity index (χ1v) is 8.42. The van der Waals surface area contributed by atoms with Gasteiger partial charge in [-0.25, -0.2) is 0 Å². The summed E-state index contributed by atoms with van der Waals surface area (Å²) >= 11 is 6.05. The van der Waals surface area contributed by atoms with E-state index in [1.807, 2.05) is 50.2 Å². The third-order valence-corrected chi connectivity index (χ3v) is 5.62. The number of anilines is 1. The molecule has 0 spiro atoms. The number of ketones is 1. The minimum Gasteiger partial charge on any atom is -0.299 e. The summed E-state index contributed by atoms with van der Waals surface area (Å²) < 4.78 is 0. The molecule has 2 aromatic rings. The molecule has 0 aromatic heterocycles. The zero-order valence-corrected chi connectivity index (χ0v) is 14.6. The summed E-state index contributed by atoms with van der Waals surface area (Å²) in [7, 11) is 0. The minimum atomic E-state index is -0.444. The topological polar surface area (TPSA) is 37.4 Å². The van der Waals surface area contributed by atoms with Crippen LogP contribution in [0.15, 0.2) is 42.5 Å². The smallest absolute Gasteiger partial charge is 0.299 e. The molecule has 4 heteroatoms. The van der Waals surface area contributed by atoms with Gasteiger partial charge in [-0.15, -0.1) is 0 Å². The highest BCUT2D eigenvalue weighted by Crippen LogP contribution is 2.53. The van der Waals surface area contributed by atoms with Crippen molar-refractivity contribution in [3.63, 3.8) is 0 Å². The molecule has 0 aliphatic carbocycles. The van der Waals surface area contributed by atoms with Crippen LogP contribution in [-0.2, 0) is 10.2 Å². The maximum atomic E-state index is 12.5. The molecule has 0 N–H and O–H groups in total. The Balaban J connectivity index is 2.02. The summed E-state index contributed by atoms with van der Waals surface area (Å²) in [6.45, 7) is 6.23. The number of rotatable bonds is 1. The number of Topliss-reactive ketones (excluding diaryl/α,β-unsaturated/α-hetero) is 1. The molecule has 3 nitrogen and oxygen atoms in total. The van der Waals surface area contributed by atoms with E-state index in [4.69, 9.17) is 11.6 Å². The van der Waals surface area contributed by atoms with Gasteiger partial charge in [0.2, 0.25) is 0 Å². The van der Waals surface area contributed by atoms with E-state index in [0.717, 1.165) is 23.2 Å². The van der Waals surface area contributed by atoms with Crippen LogP contribution >= 0.6 is 11.6 Å². The maximum Gasteiger partial charge on any atom is 0.299 e. The molecule has 2 aliphatic rings. The normalized spacial score (nSPS) is 24.2. The van der Waals surface area contributed by atoms with Crippen molar-refractivity contribution in [1.82, 2.24) is 0 Å². The van der Waals surface area contributed by atoms with Crippen molar-refractivity contribution in [3.8, 4) is 0 Å². The lowest BCUT2D eigenvalue weighted by Crippen LogP contribution is -2.54. The highest BCUT2D eigenvalue weighted by molar-refractivity contribution is 6.52. The summed E-state index contributed by atoms with van der Waals surface area (Å²) in [6, 6.07) is 13.5. The van der Waals surface area contributed by atoms with Crippen LogP contribution in [0.3, 0.4) is 0 Å². The number of carbonyl (C=O) groups excluding carboxylic acids is 2. The molecule has 4 rings (SSSR count). The van der Waals surface area contributed by atoms with E-state index < -0.39 is 17.2 Å². The van der Waals surface area contributed by atoms with Crippen molar-refractivity contribution in [3.05, 3.63) is 64.2 Å². The monoisotopic (exact) mass is 339 g/mol. The maximum absolute atomic E-state index is 12.5. The predicted molar refractivity (Wildman–Crippen MR) is 94.9 cm³/mol. The number of hydrogen-bond donors (Lipinski definition) is 0. The quantitative estimate of drug-likeness (QED) is 0.724. The first kappa shape index (κ1) is 15.4. The molecule has 2 heterocycles. The molecule has 0 radical (unpaired) electrons.